The average Bonchev–Trinajstić information content (AvgIpc) is 2.67. The van der Waals surface area contributed by atoms with Gasteiger partial charge in [0.2, 0.25) is 5.88 Å². The number of rotatable bonds is 3. The van der Waals surface area contributed by atoms with Gasteiger partial charge in [-0.25, -0.2) is 4.98 Å². The summed E-state index contributed by atoms with van der Waals surface area (Å²) in [5, 5.41) is 9.59. The fourth-order valence-electron chi connectivity index (χ4n) is 3.11. The molecule has 2 aromatic heterocycles. The fourth-order valence-corrected chi connectivity index (χ4v) is 3.36. The van der Waals surface area contributed by atoms with Gasteiger partial charge in [0.25, 0.3) is 0 Å². The number of fused-ring (bicyclic) bond motifs is 2. The van der Waals surface area contributed by atoms with Crippen molar-refractivity contribution in [2.45, 2.75) is 20.0 Å². The van der Waals surface area contributed by atoms with Crippen LogP contribution in [-0.4, -0.2) is 27.2 Å². The Labute approximate surface area is 155 Å². The van der Waals surface area contributed by atoms with Gasteiger partial charge in [0.1, 0.15) is 16.2 Å². The monoisotopic (exact) mass is 367 g/mol. The molecule has 132 valence electrons. The van der Waals surface area contributed by atoms with Crippen LogP contribution < -0.4 is 9.47 Å². The van der Waals surface area contributed by atoms with Crippen molar-refractivity contribution in [1.29, 1.82) is 0 Å². The van der Waals surface area contributed by atoms with Gasteiger partial charge in [-0.3, -0.25) is 4.98 Å². The molecule has 3 heterocycles. The first-order chi connectivity index (χ1) is 12.6. The Balaban J connectivity index is 1.86. The first-order valence-electron chi connectivity index (χ1n) is 8.15. The third-order valence-corrected chi connectivity index (χ3v) is 4.81. The molecule has 0 aliphatic carbocycles. The molecule has 0 atom stereocenters. The summed E-state index contributed by atoms with van der Waals surface area (Å²) < 4.78 is 12.0. The molecule has 0 spiro atoms. The van der Waals surface area contributed by atoms with Crippen LogP contribution in [0.2, 0.25) is 0 Å². The molecule has 0 saturated heterocycles. The lowest BCUT2D eigenvalue weighted by molar-refractivity contribution is 0.278. The predicted molar refractivity (Wildman–Crippen MR) is 99.2 cm³/mol. The number of aryl methyl sites for hydroxylation is 1. The summed E-state index contributed by atoms with van der Waals surface area (Å²) in [6.45, 7) is 1.78. The van der Waals surface area contributed by atoms with Crippen LogP contribution in [-0.2, 0) is 13.0 Å². The average molecular weight is 367 g/mol. The highest BCUT2D eigenvalue weighted by molar-refractivity contribution is 7.71. The van der Waals surface area contributed by atoms with Crippen LogP contribution in [0, 0.1) is 11.6 Å². The number of pyridine rings is 1. The number of H-pyrrole nitrogens is 1. The standard InChI is InChI=1S/C19H17N3O3S/c1-10-16-13(11(9-23)8-20-10)7-14-18(25-16)21-17(22-19(14)26)12-5-3-4-6-15(12)24-2/h3-6,8,23H,7,9H2,1-2H3,(H,21,22,26). The number of methoxy groups -OCH3 is 1. The van der Waals surface area contributed by atoms with Gasteiger partial charge in [0, 0.05) is 23.7 Å². The van der Waals surface area contributed by atoms with Gasteiger partial charge in [-0.2, -0.15) is 0 Å². The summed E-state index contributed by atoms with van der Waals surface area (Å²) in [6, 6.07) is 7.58. The molecule has 4 rings (SSSR count). The molecule has 0 amide bonds. The highest BCUT2D eigenvalue weighted by Gasteiger charge is 2.25. The molecule has 2 N–H and O–H groups in total. The lowest BCUT2D eigenvalue weighted by Crippen LogP contribution is -2.12. The minimum Gasteiger partial charge on any atom is -0.496 e. The summed E-state index contributed by atoms with van der Waals surface area (Å²) >= 11 is 5.52. The van der Waals surface area contributed by atoms with E-state index >= 15 is 0 Å². The van der Waals surface area contributed by atoms with E-state index in [-0.39, 0.29) is 6.61 Å². The van der Waals surface area contributed by atoms with Crippen LogP contribution in [0.5, 0.6) is 17.4 Å². The maximum atomic E-state index is 9.59. The molecule has 0 radical (unpaired) electrons. The number of aliphatic hydroxyl groups is 1. The van der Waals surface area contributed by atoms with Crippen LogP contribution in [0.25, 0.3) is 11.4 Å². The maximum absolute atomic E-state index is 9.59. The van der Waals surface area contributed by atoms with Gasteiger partial charge < -0.3 is 19.6 Å². The number of benzene rings is 1. The van der Waals surface area contributed by atoms with Crippen LogP contribution in [0.1, 0.15) is 22.4 Å². The summed E-state index contributed by atoms with van der Waals surface area (Å²) in [5.41, 5.74) is 4.00. The van der Waals surface area contributed by atoms with Crippen molar-refractivity contribution in [3.8, 4) is 28.8 Å². The smallest absolute Gasteiger partial charge is 0.205 e. The predicted octanol–water partition coefficient (Wildman–Crippen LogP) is 3.71. The summed E-state index contributed by atoms with van der Waals surface area (Å²) in [5.74, 6) is 2.49. The Morgan fingerprint density at radius 3 is 2.88 bits per heavy atom. The Bertz CT molecular complexity index is 1060. The first kappa shape index (κ1) is 16.7. The Morgan fingerprint density at radius 2 is 2.12 bits per heavy atom. The van der Waals surface area contributed by atoms with E-state index in [2.05, 4.69) is 15.0 Å². The summed E-state index contributed by atoms with van der Waals surface area (Å²) in [4.78, 5) is 12.1. The Hall–Kier alpha value is -2.77. The van der Waals surface area contributed by atoms with Crippen LogP contribution >= 0.6 is 12.2 Å². The lowest BCUT2D eigenvalue weighted by Gasteiger charge is -2.23. The third-order valence-electron chi connectivity index (χ3n) is 4.47. The summed E-state index contributed by atoms with van der Waals surface area (Å²) in [6.07, 6.45) is 2.21. The quantitative estimate of drug-likeness (QED) is 0.538. The van der Waals surface area contributed by atoms with E-state index in [4.69, 9.17) is 21.7 Å². The minimum atomic E-state index is -0.0997. The number of hydrogen-bond donors (Lipinski definition) is 2. The number of hydrogen-bond acceptors (Lipinski definition) is 6. The molecule has 6 nitrogen and oxygen atoms in total. The van der Waals surface area contributed by atoms with E-state index in [1.165, 1.54) is 0 Å². The molecule has 3 aromatic rings. The van der Waals surface area contributed by atoms with Gasteiger partial charge in [-0.05, 0) is 19.1 Å². The van der Waals surface area contributed by atoms with Gasteiger partial charge in [-0.15, -0.1) is 0 Å². The molecule has 26 heavy (non-hydrogen) atoms. The molecule has 0 unspecified atom stereocenters. The second kappa shape index (κ2) is 6.51. The number of nitrogens with one attached hydrogen (secondary N) is 1. The highest BCUT2D eigenvalue weighted by atomic mass is 32.1. The number of aromatic amines is 1. The largest absolute Gasteiger partial charge is 0.496 e. The molecule has 1 aromatic carbocycles. The van der Waals surface area contributed by atoms with Crippen LogP contribution in [0.3, 0.4) is 0 Å². The normalized spacial score (nSPS) is 12.1. The van der Waals surface area contributed by atoms with Crippen molar-refractivity contribution in [3.63, 3.8) is 0 Å². The van der Waals surface area contributed by atoms with Crippen LogP contribution in [0.4, 0.5) is 0 Å². The van der Waals surface area contributed by atoms with Gasteiger partial charge >= 0.3 is 0 Å². The fraction of sp³-hybridized carbons (Fsp3) is 0.211. The topological polar surface area (TPSA) is 80.3 Å². The molecule has 1 aliphatic heterocycles. The van der Waals surface area contributed by atoms with E-state index in [9.17, 15) is 5.11 Å². The molecule has 0 bridgehead atoms. The van der Waals surface area contributed by atoms with Crippen molar-refractivity contribution in [2.24, 2.45) is 0 Å². The van der Waals surface area contributed by atoms with E-state index in [0.717, 1.165) is 27.9 Å². The number of nitrogens with zero attached hydrogens (tertiary/aromatic N) is 2. The summed E-state index contributed by atoms with van der Waals surface area (Å²) in [7, 11) is 1.62. The van der Waals surface area contributed by atoms with Gasteiger partial charge in [0.15, 0.2) is 5.75 Å². The van der Waals surface area contributed by atoms with Crippen molar-refractivity contribution < 1.29 is 14.6 Å². The molecule has 0 saturated carbocycles. The number of aliphatic hydroxyl groups excluding tert-OH is 1. The molecular weight excluding hydrogens is 350 g/mol. The van der Waals surface area contributed by atoms with E-state index in [0.29, 0.717) is 34.3 Å². The molecule has 7 heteroatoms. The Kier molecular flexibility index (Phi) is 4.18. The van der Waals surface area contributed by atoms with E-state index < -0.39 is 0 Å². The molecule has 0 fully saturated rings. The van der Waals surface area contributed by atoms with Crippen molar-refractivity contribution >= 4 is 12.2 Å². The van der Waals surface area contributed by atoms with E-state index in [1.54, 1.807) is 13.3 Å². The van der Waals surface area contributed by atoms with Gasteiger partial charge in [-0.1, -0.05) is 24.4 Å². The molecule has 1 aliphatic rings. The van der Waals surface area contributed by atoms with E-state index in [1.807, 2.05) is 31.2 Å². The van der Waals surface area contributed by atoms with Gasteiger partial charge in [0.05, 0.1) is 30.5 Å². The maximum Gasteiger partial charge on any atom is 0.205 e. The minimum absolute atomic E-state index is 0.0997. The lowest BCUT2D eigenvalue weighted by atomic mass is 9.99. The number of ether oxygens (including phenoxy) is 2. The number of para-hydroxylation sites is 1. The van der Waals surface area contributed by atoms with Crippen molar-refractivity contribution in [2.75, 3.05) is 7.11 Å². The third kappa shape index (κ3) is 2.65. The first-order valence-corrected chi connectivity index (χ1v) is 8.55. The second-order valence-corrected chi connectivity index (χ2v) is 6.40. The van der Waals surface area contributed by atoms with Crippen molar-refractivity contribution in [1.82, 2.24) is 15.0 Å². The SMILES string of the molecule is COc1ccccc1-c1nc(=S)c2c([nH]1)Oc1c(C)ncc(CO)c1C2. The number of aromatic nitrogens is 3. The zero-order valence-electron chi connectivity index (χ0n) is 14.4. The highest BCUT2D eigenvalue weighted by Crippen LogP contribution is 2.40. The zero-order chi connectivity index (χ0) is 18.3. The van der Waals surface area contributed by atoms with Crippen molar-refractivity contribution in [3.05, 3.63) is 57.5 Å². The zero-order valence-corrected chi connectivity index (χ0v) is 15.2. The second-order valence-electron chi connectivity index (χ2n) is 6.01. The van der Waals surface area contributed by atoms with Crippen LogP contribution in [0.15, 0.2) is 30.5 Å². The molecular formula is C19H17N3O3S. The Morgan fingerprint density at radius 1 is 1.31 bits per heavy atom.